The van der Waals surface area contributed by atoms with Gasteiger partial charge < -0.3 is 28.0 Å². The lowest BCUT2D eigenvalue weighted by molar-refractivity contribution is -0.266. The lowest BCUT2D eigenvalue weighted by atomic mass is 9.84. The molecule has 0 aromatic heterocycles. The van der Waals surface area contributed by atoms with Gasteiger partial charge in [0.2, 0.25) is 0 Å². The first-order valence-corrected chi connectivity index (χ1v) is 19.6. The molecule has 0 bridgehead atoms. The van der Waals surface area contributed by atoms with Crippen molar-refractivity contribution in [2.75, 3.05) is 13.2 Å². The topological polar surface area (TPSA) is 121 Å². The van der Waals surface area contributed by atoms with E-state index in [1.54, 1.807) is 0 Å². The van der Waals surface area contributed by atoms with Gasteiger partial charge in [0.05, 0.1) is 64.6 Å². The second-order valence-corrected chi connectivity index (χ2v) is 13.9. The van der Waals surface area contributed by atoms with E-state index >= 15 is 8.39 Å². The Hall–Kier alpha value is -3.74. The Morgan fingerprint density at radius 3 is 0.944 bits per heavy atom. The van der Waals surface area contributed by atoms with Gasteiger partial charge in [-0.3, -0.25) is 9.05 Å². The highest BCUT2D eigenvalue weighted by Crippen LogP contribution is 2.50. The van der Waals surface area contributed by atoms with Crippen LogP contribution >= 0.6 is 17.4 Å². The largest absolute Gasteiger partial charge is 0.375 e. The second-order valence-electron chi connectivity index (χ2n) is 12.1. The number of benzene rings is 4. The summed E-state index contributed by atoms with van der Waals surface area (Å²) < 4.78 is 80.5. The summed E-state index contributed by atoms with van der Waals surface area (Å²) in [6.45, 7) is -0.141. The van der Waals surface area contributed by atoms with Crippen molar-refractivity contribution in [1.29, 1.82) is 10.5 Å². The summed E-state index contributed by atoms with van der Waals surface area (Å²) in [6.07, 6.45) is -7.20. The summed E-state index contributed by atoms with van der Waals surface area (Å²) in [7, 11) is -6.27. The van der Waals surface area contributed by atoms with Gasteiger partial charge in [0.1, 0.15) is 36.6 Å². The average molecular weight is 779 g/mol. The lowest BCUT2D eigenvalue weighted by Crippen LogP contribution is -2.66. The molecule has 0 N–H and O–H groups in total. The van der Waals surface area contributed by atoms with Crippen LogP contribution < -0.4 is 0 Å². The van der Waals surface area contributed by atoms with Crippen molar-refractivity contribution in [3.63, 3.8) is 0 Å². The third kappa shape index (κ3) is 13.2. The Bertz CT molecular complexity index is 1580. The molecule has 0 amide bonds. The van der Waals surface area contributed by atoms with E-state index in [0.29, 0.717) is 0 Å². The molecule has 0 spiro atoms. The molecule has 14 heteroatoms. The predicted octanol–water partition coefficient (Wildman–Crippen LogP) is 9.37. The molecule has 1 saturated carbocycles. The van der Waals surface area contributed by atoms with Crippen molar-refractivity contribution < 1.29 is 45.4 Å². The summed E-state index contributed by atoms with van der Waals surface area (Å²) in [5.41, 5.74) is 3.31. The molecular formula is C40H42F2N2O8P2. The third-order valence-corrected chi connectivity index (χ3v) is 9.90. The fraction of sp³-hybridized carbons (Fsp3) is 0.350. The molecular weight excluding hydrogens is 736 g/mol. The Morgan fingerprint density at radius 1 is 0.426 bits per heavy atom. The fourth-order valence-corrected chi connectivity index (χ4v) is 7.22. The van der Waals surface area contributed by atoms with Crippen LogP contribution in [0.5, 0.6) is 0 Å². The van der Waals surface area contributed by atoms with Gasteiger partial charge in [0.25, 0.3) is 0 Å². The molecule has 1 aliphatic rings. The van der Waals surface area contributed by atoms with Gasteiger partial charge in [-0.15, -0.1) is 0 Å². The average Bonchev–Trinajstić information content (AvgIpc) is 3.21. The molecule has 1 aliphatic carbocycles. The number of hydrogen-bond donors (Lipinski definition) is 0. The number of rotatable bonds is 22. The first-order chi connectivity index (χ1) is 26.6. The molecule has 0 heterocycles. The van der Waals surface area contributed by atoms with Crippen LogP contribution in [-0.2, 0) is 63.5 Å². The van der Waals surface area contributed by atoms with Crippen LogP contribution in [0.2, 0.25) is 0 Å². The lowest BCUT2D eigenvalue weighted by Gasteiger charge is -2.49. The van der Waals surface area contributed by atoms with Crippen LogP contribution in [0.15, 0.2) is 121 Å². The summed E-state index contributed by atoms with van der Waals surface area (Å²) in [6, 6.07) is 41.5. The van der Waals surface area contributed by atoms with Crippen molar-refractivity contribution in [2.45, 2.75) is 75.9 Å². The third-order valence-electron chi connectivity index (χ3n) is 8.31. The van der Waals surface area contributed by atoms with E-state index in [0.717, 1.165) is 22.3 Å². The Kier molecular flexibility index (Phi) is 17.8. The van der Waals surface area contributed by atoms with Crippen LogP contribution in [0.1, 0.15) is 35.1 Å². The van der Waals surface area contributed by atoms with Gasteiger partial charge in [-0.25, -0.2) is 0 Å². The molecule has 0 saturated heterocycles. The van der Waals surface area contributed by atoms with E-state index in [-0.39, 0.29) is 52.5 Å². The van der Waals surface area contributed by atoms with Crippen molar-refractivity contribution >= 4 is 17.4 Å². The van der Waals surface area contributed by atoms with E-state index < -0.39 is 54.0 Å². The van der Waals surface area contributed by atoms with Gasteiger partial charge in [-0.05, 0) is 22.3 Å². The van der Waals surface area contributed by atoms with Crippen LogP contribution in [0.25, 0.3) is 0 Å². The molecule has 5 rings (SSSR count). The molecule has 0 aliphatic heterocycles. The van der Waals surface area contributed by atoms with Gasteiger partial charge in [0, 0.05) is 0 Å². The first kappa shape index (κ1) is 41.4. The molecule has 4 aromatic rings. The van der Waals surface area contributed by atoms with Crippen LogP contribution in [-0.4, -0.2) is 49.8 Å². The SMILES string of the molecule is N#CCCOP(F)O[C@@H]1[C@@H](OCc2ccccc2)[C@H](OCc2ccccc2)[C@@H](OCc2ccccc2)[C@H](OCc2ccccc2)[C@@H]1OP(F)OCCC#N. The number of ether oxygens (including phenoxy) is 4. The molecule has 284 valence electrons. The van der Waals surface area contributed by atoms with E-state index in [1.807, 2.05) is 133 Å². The zero-order valence-electron chi connectivity index (χ0n) is 29.5. The number of nitrogens with zero attached hydrogens (tertiary/aromatic N) is 2. The normalized spacial score (nSPS) is 22.1. The van der Waals surface area contributed by atoms with E-state index in [1.165, 1.54) is 0 Å². The quantitative estimate of drug-likeness (QED) is 0.0564. The molecule has 1 fully saturated rings. The van der Waals surface area contributed by atoms with Crippen LogP contribution in [0, 0.1) is 22.7 Å². The maximum Gasteiger partial charge on any atom is 0.375 e. The fourth-order valence-electron chi connectivity index (χ4n) is 5.77. The minimum absolute atomic E-state index is 0.0484. The monoisotopic (exact) mass is 778 g/mol. The Morgan fingerprint density at radius 2 is 0.685 bits per heavy atom. The van der Waals surface area contributed by atoms with Crippen LogP contribution in [0.3, 0.4) is 0 Å². The smallest absolute Gasteiger partial charge is 0.368 e. The van der Waals surface area contributed by atoms with Gasteiger partial charge in [-0.1, -0.05) is 121 Å². The van der Waals surface area contributed by atoms with Crippen molar-refractivity contribution in [3.8, 4) is 12.1 Å². The Balaban J connectivity index is 1.59. The molecule has 4 aromatic carbocycles. The minimum Gasteiger partial charge on any atom is -0.368 e. The van der Waals surface area contributed by atoms with Crippen molar-refractivity contribution in [1.82, 2.24) is 0 Å². The van der Waals surface area contributed by atoms with E-state index in [2.05, 4.69) is 0 Å². The first-order valence-electron chi connectivity index (χ1n) is 17.4. The van der Waals surface area contributed by atoms with Crippen LogP contribution in [0.4, 0.5) is 8.39 Å². The highest BCUT2D eigenvalue weighted by atomic mass is 31.2. The molecule has 2 unspecified atom stereocenters. The van der Waals surface area contributed by atoms with Crippen molar-refractivity contribution in [3.05, 3.63) is 144 Å². The van der Waals surface area contributed by atoms with Gasteiger partial charge >= 0.3 is 17.4 Å². The minimum atomic E-state index is -3.14. The highest BCUT2D eigenvalue weighted by Gasteiger charge is 2.57. The van der Waals surface area contributed by atoms with Gasteiger partial charge in [-0.2, -0.15) is 18.9 Å². The zero-order chi connectivity index (χ0) is 37.8. The zero-order valence-corrected chi connectivity index (χ0v) is 31.3. The summed E-state index contributed by atoms with van der Waals surface area (Å²) >= 11 is 0. The number of hydrogen-bond acceptors (Lipinski definition) is 10. The maximum absolute atomic E-state index is 15.8. The van der Waals surface area contributed by atoms with Crippen molar-refractivity contribution in [2.24, 2.45) is 0 Å². The Labute approximate surface area is 317 Å². The number of halogens is 2. The summed E-state index contributed by atoms with van der Waals surface area (Å²) in [4.78, 5) is 0. The van der Waals surface area contributed by atoms with E-state index in [4.69, 9.17) is 47.6 Å². The molecule has 10 nitrogen and oxygen atoms in total. The molecule has 0 radical (unpaired) electrons. The summed E-state index contributed by atoms with van der Waals surface area (Å²) in [5, 5.41) is 18.1. The molecule has 54 heavy (non-hydrogen) atoms. The number of nitriles is 2. The standard InChI is InChI=1S/C40H42F2N2O8P2/c41-53(49-25-13-23-43)51-39-37(47-29-33-19-9-3-10-20-33)35(45-27-31-15-5-1-6-16-31)36(46-28-32-17-7-2-8-18-32)38(48-30-34-21-11-4-12-22-34)40(39)52-54(42)50-26-14-24-44/h1-12,15-22,35-40H,13-14,25-30H2/t35-,36-,37+,38+,39-,40+,53?,54?/m1/s1. The summed E-state index contributed by atoms with van der Waals surface area (Å²) in [5.74, 6) is 0. The maximum atomic E-state index is 15.8. The second kappa shape index (κ2) is 23.2. The van der Waals surface area contributed by atoms with E-state index in [9.17, 15) is 0 Å². The van der Waals surface area contributed by atoms with Gasteiger partial charge in [0.15, 0.2) is 0 Å². The molecule has 8 atom stereocenters. The highest BCUT2D eigenvalue weighted by molar-refractivity contribution is 7.41. The predicted molar refractivity (Wildman–Crippen MR) is 198 cm³/mol.